The van der Waals surface area contributed by atoms with Gasteiger partial charge in [-0.1, -0.05) is 23.7 Å². The van der Waals surface area contributed by atoms with E-state index in [1.54, 1.807) is 13.0 Å². The van der Waals surface area contributed by atoms with Crippen LogP contribution in [0.3, 0.4) is 0 Å². The van der Waals surface area contributed by atoms with Crippen LogP contribution in [0.5, 0.6) is 0 Å². The topological polar surface area (TPSA) is 122 Å². The van der Waals surface area contributed by atoms with Crippen LogP contribution < -0.4 is 10.6 Å². The number of pyridine rings is 1. The number of rotatable bonds is 9. The molecule has 2 aliphatic carbocycles. The van der Waals surface area contributed by atoms with Crippen LogP contribution in [-0.2, 0) is 16.1 Å². The molecule has 1 aromatic carbocycles. The molecule has 0 spiro atoms. The zero-order valence-corrected chi connectivity index (χ0v) is 21.5. The van der Waals surface area contributed by atoms with Crippen molar-refractivity contribution in [1.29, 1.82) is 0 Å². The van der Waals surface area contributed by atoms with Gasteiger partial charge in [-0.15, -0.1) is 0 Å². The number of nitrogens with one attached hydrogen (secondary N) is 2. The number of halogens is 1. The van der Waals surface area contributed by atoms with Crippen molar-refractivity contribution in [3.05, 3.63) is 82.5 Å². The molecule has 6 rings (SSSR count). The number of benzene rings is 1. The molecule has 9 nitrogen and oxygen atoms in total. The van der Waals surface area contributed by atoms with Crippen LogP contribution in [0.2, 0.25) is 5.02 Å². The molecule has 1 amide bonds. The molecular weight excluding hydrogens is 504 g/mol. The first-order valence-electron chi connectivity index (χ1n) is 12.7. The summed E-state index contributed by atoms with van der Waals surface area (Å²) in [7, 11) is 0. The Morgan fingerprint density at radius 1 is 1.13 bits per heavy atom. The number of aliphatic carboxylic acids is 1. The van der Waals surface area contributed by atoms with E-state index < -0.39 is 11.9 Å². The van der Waals surface area contributed by atoms with Gasteiger partial charge < -0.3 is 20.1 Å². The van der Waals surface area contributed by atoms with E-state index in [4.69, 9.17) is 16.6 Å². The normalized spacial score (nSPS) is 19.2. The number of fused-ring (bicyclic) bond motifs is 1. The highest BCUT2D eigenvalue weighted by Gasteiger charge is 2.44. The third-order valence-corrected chi connectivity index (χ3v) is 7.54. The summed E-state index contributed by atoms with van der Waals surface area (Å²) in [4.78, 5) is 37.7. The van der Waals surface area contributed by atoms with Crippen molar-refractivity contribution in [3.8, 4) is 0 Å². The molecule has 38 heavy (non-hydrogen) atoms. The summed E-state index contributed by atoms with van der Waals surface area (Å²) in [6.45, 7) is 2.07. The molecule has 3 aromatic heterocycles. The fourth-order valence-electron chi connectivity index (χ4n) is 4.89. The molecule has 194 valence electrons. The Morgan fingerprint density at radius 3 is 2.71 bits per heavy atom. The summed E-state index contributed by atoms with van der Waals surface area (Å²) in [6, 6.07) is 11.3. The minimum absolute atomic E-state index is 0.0773. The number of carboxylic acids is 1. The van der Waals surface area contributed by atoms with E-state index >= 15 is 0 Å². The molecule has 4 aromatic rings. The van der Waals surface area contributed by atoms with Gasteiger partial charge in [-0.05, 0) is 67.3 Å². The van der Waals surface area contributed by atoms with Gasteiger partial charge in [0.1, 0.15) is 23.6 Å². The number of carbonyl (C=O) groups excluding carboxylic acids is 1. The van der Waals surface area contributed by atoms with Gasteiger partial charge in [0.05, 0.1) is 18.2 Å². The fourth-order valence-corrected chi connectivity index (χ4v) is 5.09. The largest absolute Gasteiger partial charge is 0.481 e. The molecule has 3 N–H and O–H groups in total. The second-order valence-electron chi connectivity index (χ2n) is 10.2. The summed E-state index contributed by atoms with van der Waals surface area (Å²) in [6.07, 6.45) is 8.40. The lowest BCUT2D eigenvalue weighted by molar-refractivity contribution is -0.138. The zero-order chi connectivity index (χ0) is 26.4. The number of hydrogen-bond donors (Lipinski definition) is 3. The third-order valence-electron chi connectivity index (χ3n) is 7.31. The fraction of sp³-hybridized carbons (Fsp3) is 0.321. The molecule has 1 unspecified atom stereocenters. The monoisotopic (exact) mass is 530 g/mol. The number of hydrogen-bond acceptors (Lipinski definition) is 6. The predicted octanol–water partition coefficient (Wildman–Crippen LogP) is 5.20. The first kappa shape index (κ1) is 24.4. The first-order chi connectivity index (χ1) is 18.4. The standard InChI is InChI=1S/C28H27ClN6O3/c1-15(28(37)38)21-8-18(16-5-6-16)12-35-13-20(33-26(21)35)11-30-24-10-25(32-14-31-24)34-27(36)23-9-22(23)17-3-2-4-19(29)7-17/h2-4,7-8,10,12-16,22-23H,5-6,9,11H2,1H3,(H,37,38)(H2,30,31,32,34,36)/t15?,22-,23+/m1/s1. The second-order valence-corrected chi connectivity index (χ2v) is 10.6. The highest BCUT2D eigenvalue weighted by atomic mass is 35.5. The number of carbonyl (C=O) groups is 2. The lowest BCUT2D eigenvalue weighted by atomic mass is 10.00. The summed E-state index contributed by atoms with van der Waals surface area (Å²) in [5.41, 5.74) is 4.34. The minimum atomic E-state index is -0.872. The van der Waals surface area contributed by atoms with E-state index in [0.29, 0.717) is 34.8 Å². The van der Waals surface area contributed by atoms with Crippen molar-refractivity contribution in [2.24, 2.45) is 5.92 Å². The Kier molecular flexibility index (Phi) is 6.23. The van der Waals surface area contributed by atoms with Crippen LogP contribution in [-0.4, -0.2) is 36.3 Å². The number of amides is 1. The molecule has 3 atom stereocenters. The molecular formula is C28H27ClN6O3. The second kappa shape index (κ2) is 9.72. The van der Waals surface area contributed by atoms with Gasteiger partial charge >= 0.3 is 5.97 Å². The Hall–Kier alpha value is -3.98. The maximum absolute atomic E-state index is 12.8. The molecule has 0 radical (unpaired) electrons. The highest BCUT2D eigenvalue weighted by molar-refractivity contribution is 6.30. The van der Waals surface area contributed by atoms with Crippen molar-refractivity contribution in [3.63, 3.8) is 0 Å². The van der Waals surface area contributed by atoms with Crippen molar-refractivity contribution in [1.82, 2.24) is 19.4 Å². The Morgan fingerprint density at radius 2 is 1.95 bits per heavy atom. The van der Waals surface area contributed by atoms with E-state index in [1.807, 2.05) is 40.9 Å². The van der Waals surface area contributed by atoms with Crippen LogP contribution in [0.4, 0.5) is 11.6 Å². The summed E-state index contributed by atoms with van der Waals surface area (Å²) < 4.78 is 1.93. The molecule has 2 aliphatic rings. The van der Waals surface area contributed by atoms with Gasteiger partial charge in [-0.25, -0.2) is 15.0 Å². The van der Waals surface area contributed by atoms with Crippen LogP contribution in [0, 0.1) is 5.92 Å². The van der Waals surface area contributed by atoms with E-state index in [1.165, 1.54) is 6.33 Å². The number of nitrogens with zero attached hydrogens (tertiary/aromatic N) is 4. The van der Waals surface area contributed by atoms with Crippen LogP contribution >= 0.6 is 11.6 Å². The van der Waals surface area contributed by atoms with Gasteiger partial charge in [0.15, 0.2) is 0 Å². The Balaban J connectivity index is 1.13. The van der Waals surface area contributed by atoms with Gasteiger partial charge in [-0.2, -0.15) is 0 Å². The molecule has 0 saturated heterocycles. The lowest BCUT2D eigenvalue weighted by Gasteiger charge is -2.11. The van der Waals surface area contributed by atoms with Crippen LogP contribution in [0.1, 0.15) is 66.3 Å². The van der Waals surface area contributed by atoms with Gasteiger partial charge in [-0.3, -0.25) is 9.59 Å². The summed E-state index contributed by atoms with van der Waals surface area (Å²) >= 11 is 6.09. The van der Waals surface area contributed by atoms with Crippen molar-refractivity contribution < 1.29 is 14.7 Å². The van der Waals surface area contributed by atoms with E-state index in [0.717, 1.165) is 41.6 Å². The molecule has 3 heterocycles. The number of imidazole rings is 1. The third kappa shape index (κ3) is 5.06. The lowest BCUT2D eigenvalue weighted by Crippen LogP contribution is -2.16. The molecule has 0 aliphatic heterocycles. The zero-order valence-electron chi connectivity index (χ0n) is 20.8. The SMILES string of the molecule is CC(C(=O)O)c1cc(C2CC2)cn2cc(CNc3cc(NC(=O)[C@H]4C[C@@H]4c4cccc(Cl)c4)ncn3)nc12. The van der Waals surface area contributed by atoms with Crippen molar-refractivity contribution in [2.45, 2.75) is 50.5 Å². The van der Waals surface area contributed by atoms with Crippen molar-refractivity contribution >= 4 is 40.8 Å². The van der Waals surface area contributed by atoms with Gasteiger partial charge in [0.2, 0.25) is 5.91 Å². The van der Waals surface area contributed by atoms with Gasteiger partial charge in [0.25, 0.3) is 0 Å². The van der Waals surface area contributed by atoms with Crippen molar-refractivity contribution in [2.75, 3.05) is 10.6 Å². The van der Waals surface area contributed by atoms with Crippen LogP contribution in [0.15, 0.2) is 55.1 Å². The average molecular weight is 531 g/mol. The van der Waals surface area contributed by atoms with E-state index in [9.17, 15) is 14.7 Å². The smallest absolute Gasteiger partial charge is 0.310 e. The predicted molar refractivity (Wildman–Crippen MR) is 144 cm³/mol. The number of aromatic nitrogens is 4. The maximum Gasteiger partial charge on any atom is 0.310 e. The molecule has 2 fully saturated rings. The van der Waals surface area contributed by atoms with E-state index in [-0.39, 0.29) is 17.7 Å². The molecule has 0 bridgehead atoms. The quantitative estimate of drug-likeness (QED) is 0.272. The summed E-state index contributed by atoms with van der Waals surface area (Å²) in [5.74, 6) is -0.0856. The maximum atomic E-state index is 12.8. The average Bonchev–Trinajstić information content (AvgIpc) is 3.83. The first-order valence-corrected chi connectivity index (χ1v) is 13.1. The minimum Gasteiger partial charge on any atom is -0.481 e. The summed E-state index contributed by atoms with van der Waals surface area (Å²) in [5, 5.41) is 16.4. The number of anilines is 2. The Bertz CT molecular complexity index is 1550. The molecule has 10 heteroatoms. The van der Waals surface area contributed by atoms with E-state index in [2.05, 4.69) is 26.8 Å². The van der Waals surface area contributed by atoms with Gasteiger partial charge in [0, 0.05) is 35.0 Å². The Labute approximate surface area is 224 Å². The highest BCUT2D eigenvalue weighted by Crippen LogP contribution is 2.48. The van der Waals surface area contributed by atoms with Crippen LogP contribution in [0.25, 0.3) is 5.65 Å². The number of carboxylic acid groups (broad SMARTS) is 1. The molecule has 2 saturated carbocycles.